The number of benzene rings is 3. The number of aliphatic hydroxyl groups is 1. The first kappa shape index (κ1) is 24.2. The third-order valence-electron chi connectivity index (χ3n) is 6.05. The summed E-state index contributed by atoms with van der Waals surface area (Å²) in [6.45, 7) is 2.68. The molecule has 0 aromatic heterocycles. The molecule has 0 bridgehead atoms. The number of aliphatic hydroxyl groups excluding tert-OH is 1. The molecule has 6 heteroatoms. The summed E-state index contributed by atoms with van der Waals surface area (Å²) in [4.78, 5) is 27.7. The van der Waals surface area contributed by atoms with Crippen molar-refractivity contribution in [1.82, 2.24) is 0 Å². The predicted octanol–water partition coefficient (Wildman–Crippen LogP) is 6.41. The van der Waals surface area contributed by atoms with E-state index < -0.39 is 23.5 Å². The highest BCUT2D eigenvalue weighted by Crippen LogP contribution is 2.43. The van der Waals surface area contributed by atoms with Gasteiger partial charge in [-0.2, -0.15) is 0 Å². The van der Waals surface area contributed by atoms with Gasteiger partial charge in [0.1, 0.15) is 17.3 Å². The molecule has 0 aliphatic carbocycles. The highest BCUT2D eigenvalue weighted by molar-refractivity contribution is 6.51. The van der Waals surface area contributed by atoms with Crippen LogP contribution in [0.2, 0.25) is 0 Å². The number of hydrogen-bond donors (Lipinski definition) is 1. The number of amides is 1. The first-order valence-corrected chi connectivity index (χ1v) is 11.9. The molecule has 3 aromatic carbocycles. The van der Waals surface area contributed by atoms with Crippen LogP contribution in [0.5, 0.6) is 5.75 Å². The topological polar surface area (TPSA) is 66.8 Å². The van der Waals surface area contributed by atoms with Gasteiger partial charge in [0.2, 0.25) is 0 Å². The van der Waals surface area contributed by atoms with Crippen LogP contribution in [-0.4, -0.2) is 23.4 Å². The average molecular weight is 474 g/mol. The summed E-state index contributed by atoms with van der Waals surface area (Å²) in [6, 6.07) is 20.1. The smallest absolute Gasteiger partial charge is 0.300 e. The van der Waals surface area contributed by atoms with Gasteiger partial charge in [-0.05, 0) is 24.6 Å². The summed E-state index contributed by atoms with van der Waals surface area (Å²) in [6.07, 6.45) is 4.24. The molecule has 1 N–H and O–H groups in total. The van der Waals surface area contributed by atoms with Crippen LogP contribution in [-0.2, 0) is 9.59 Å². The van der Waals surface area contributed by atoms with Crippen molar-refractivity contribution in [3.05, 3.63) is 101 Å². The zero-order valence-electron chi connectivity index (χ0n) is 19.6. The van der Waals surface area contributed by atoms with Crippen LogP contribution in [0.25, 0.3) is 5.76 Å². The Morgan fingerprint density at radius 2 is 1.69 bits per heavy atom. The largest absolute Gasteiger partial charge is 0.507 e. The number of carbonyl (C=O) groups excluding carboxylic acids is 2. The molecule has 4 rings (SSSR count). The molecule has 1 saturated heterocycles. The van der Waals surface area contributed by atoms with Crippen LogP contribution in [0.15, 0.2) is 84.4 Å². The van der Waals surface area contributed by atoms with Gasteiger partial charge in [0.25, 0.3) is 11.7 Å². The van der Waals surface area contributed by atoms with Gasteiger partial charge in [-0.1, -0.05) is 80.8 Å². The lowest BCUT2D eigenvalue weighted by atomic mass is 9.94. The van der Waals surface area contributed by atoms with Crippen molar-refractivity contribution in [3.63, 3.8) is 0 Å². The lowest BCUT2D eigenvalue weighted by Crippen LogP contribution is -2.29. The van der Waals surface area contributed by atoms with Gasteiger partial charge in [0.15, 0.2) is 0 Å². The van der Waals surface area contributed by atoms with E-state index in [1.807, 2.05) is 0 Å². The Hall–Kier alpha value is -3.93. The van der Waals surface area contributed by atoms with Crippen LogP contribution >= 0.6 is 0 Å². The fraction of sp³-hybridized carbons (Fsp3) is 0.241. The van der Waals surface area contributed by atoms with E-state index in [9.17, 15) is 19.1 Å². The molecule has 180 valence electrons. The standard InChI is InChI=1S/C29H28FNO4/c1-2-3-4-10-18-35-22-15-11-14-21(19-22)31-26(23-16-8-9-17-24(23)30)25(28(33)29(31)34)27(32)20-12-6-5-7-13-20/h5-9,11-17,19,26,32H,2-4,10,18H2,1H3/b27-25+. The third-order valence-corrected chi connectivity index (χ3v) is 6.05. The van der Waals surface area contributed by atoms with E-state index in [4.69, 9.17) is 4.74 Å². The van der Waals surface area contributed by atoms with Gasteiger partial charge < -0.3 is 9.84 Å². The molecular weight excluding hydrogens is 445 g/mol. The second kappa shape index (κ2) is 11.0. The van der Waals surface area contributed by atoms with E-state index in [0.29, 0.717) is 23.6 Å². The second-order valence-electron chi connectivity index (χ2n) is 8.46. The van der Waals surface area contributed by atoms with Crippen LogP contribution in [0, 0.1) is 5.82 Å². The third kappa shape index (κ3) is 5.11. The number of hydrogen-bond acceptors (Lipinski definition) is 4. The summed E-state index contributed by atoms with van der Waals surface area (Å²) < 4.78 is 20.9. The van der Waals surface area contributed by atoms with Crippen molar-refractivity contribution in [3.8, 4) is 5.75 Å². The number of nitrogens with zero attached hydrogens (tertiary/aromatic N) is 1. The number of anilines is 1. The fourth-order valence-electron chi connectivity index (χ4n) is 4.28. The Kier molecular flexibility index (Phi) is 7.60. The summed E-state index contributed by atoms with van der Waals surface area (Å²) in [5.41, 5.74) is 0.724. The van der Waals surface area contributed by atoms with Crippen LogP contribution in [0.3, 0.4) is 0 Å². The molecule has 5 nitrogen and oxygen atoms in total. The average Bonchev–Trinajstić information content (AvgIpc) is 3.14. The summed E-state index contributed by atoms with van der Waals surface area (Å²) in [5, 5.41) is 11.1. The van der Waals surface area contributed by atoms with E-state index in [1.54, 1.807) is 60.7 Å². The van der Waals surface area contributed by atoms with Gasteiger partial charge in [0, 0.05) is 22.9 Å². The van der Waals surface area contributed by atoms with Crippen molar-refractivity contribution in [2.45, 2.75) is 38.6 Å². The molecule has 1 aliphatic rings. The quantitative estimate of drug-likeness (QED) is 0.169. The molecular formula is C29H28FNO4. The van der Waals surface area contributed by atoms with E-state index in [2.05, 4.69) is 6.92 Å². The number of ketones is 1. The number of ether oxygens (including phenoxy) is 1. The Labute approximate surface area is 204 Å². The van der Waals surface area contributed by atoms with Gasteiger partial charge in [-0.15, -0.1) is 0 Å². The van der Waals surface area contributed by atoms with Gasteiger partial charge in [-0.3, -0.25) is 14.5 Å². The molecule has 0 saturated carbocycles. The number of rotatable bonds is 9. The molecule has 3 aromatic rings. The molecule has 1 amide bonds. The summed E-state index contributed by atoms with van der Waals surface area (Å²) in [5.74, 6) is -2.08. The number of carbonyl (C=O) groups is 2. The predicted molar refractivity (Wildman–Crippen MR) is 134 cm³/mol. The highest BCUT2D eigenvalue weighted by atomic mass is 19.1. The van der Waals surface area contributed by atoms with Crippen LogP contribution < -0.4 is 9.64 Å². The maximum absolute atomic E-state index is 15.0. The SMILES string of the molecule is CCCCCCOc1cccc(N2C(=O)C(=O)/C(=C(/O)c3ccccc3)C2c2ccccc2F)c1. The van der Waals surface area contributed by atoms with E-state index in [0.717, 1.165) is 25.7 Å². The lowest BCUT2D eigenvalue weighted by molar-refractivity contribution is -0.132. The summed E-state index contributed by atoms with van der Waals surface area (Å²) >= 11 is 0. The maximum Gasteiger partial charge on any atom is 0.300 e. The molecule has 0 radical (unpaired) electrons. The van der Waals surface area contributed by atoms with E-state index in [1.165, 1.54) is 23.1 Å². The first-order valence-electron chi connectivity index (χ1n) is 11.9. The van der Waals surface area contributed by atoms with E-state index >= 15 is 0 Å². The zero-order chi connectivity index (χ0) is 24.8. The molecule has 1 heterocycles. The highest BCUT2D eigenvalue weighted by Gasteiger charge is 2.47. The monoisotopic (exact) mass is 473 g/mol. The fourth-order valence-corrected chi connectivity index (χ4v) is 4.28. The van der Waals surface area contributed by atoms with Crippen molar-refractivity contribution in [2.75, 3.05) is 11.5 Å². The number of halogens is 1. The Bertz CT molecular complexity index is 1240. The Morgan fingerprint density at radius 1 is 0.943 bits per heavy atom. The maximum atomic E-state index is 15.0. The number of unbranched alkanes of at least 4 members (excludes halogenated alkanes) is 3. The van der Waals surface area contributed by atoms with Crippen molar-refractivity contribution in [1.29, 1.82) is 0 Å². The molecule has 1 fully saturated rings. The van der Waals surface area contributed by atoms with Crippen LogP contribution in [0.1, 0.15) is 49.8 Å². The van der Waals surface area contributed by atoms with Gasteiger partial charge in [-0.25, -0.2) is 4.39 Å². The molecule has 0 spiro atoms. The summed E-state index contributed by atoms with van der Waals surface area (Å²) in [7, 11) is 0. The molecule has 1 atom stereocenters. The molecule has 1 aliphatic heterocycles. The zero-order valence-corrected chi connectivity index (χ0v) is 19.6. The van der Waals surface area contributed by atoms with Crippen molar-refractivity contribution in [2.24, 2.45) is 0 Å². The molecule has 35 heavy (non-hydrogen) atoms. The van der Waals surface area contributed by atoms with Crippen LogP contribution in [0.4, 0.5) is 10.1 Å². The van der Waals surface area contributed by atoms with Crippen molar-refractivity contribution < 1.29 is 23.8 Å². The second-order valence-corrected chi connectivity index (χ2v) is 8.46. The minimum absolute atomic E-state index is 0.120. The van der Waals surface area contributed by atoms with Crippen molar-refractivity contribution >= 4 is 23.1 Å². The normalized spacial score (nSPS) is 17.1. The van der Waals surface area contributed by atoms with Gasteiger partial charge >= 0.3 is 0 Å². The van der Waals surface area contributed by atoms with Gasteiger partial charge in [0.05, 0.1) is 18.2 Å². The van der Waals surface area contributed by atoms with E-state index in [-0.39, 0.29) is 16.9 Å². The molecule has 1 unspecified atom stereocenters. The minimum Gasteiger partial charge on any atom is -0.507 e. The Balaban J connectivity index is 1.77. The lowest BCUT2D eigenvalue weighted by Gasteiger charge is -2.26. The number of Topliss-reactive ketones (excluding diaryl/α,β-unsaturated/α-hetero) is 1. The Morgan fingerprint density at radius 3 is 2.43 bits per heavy atom. The first-order chi connectivity index (χ1) is 17.0. The minimum atomic E-state index is -1.13.